The van der Waals surface area contributed by atoms with Crippen molar-refractivity contribution in [2.45, 2.75) is 62.7 Å². The smallest absolute Gasteiger partial charge is 0.237 e. The molecule has 1 heterocycles. The van der Waals surface area contributed by atoms with E-state index in [1.165, 1.54) is 12.8 Å². The third-order valence-corrected chi connectivity index (χ3v) is 4.91. The van der Waals surface area contributed by atoms with Crippen molar-refractivity contribution in [1.29, 1.82) is 0 Å². The van der Waals surface area contributed by atoms with E-state index in [1.807, 2.05) is 0 Å². The highest BCUT2D eigenvalue weighted by Crippen LogP contribution is 2.37. The van der Waals surface area contributed by atoms with Crippen molar-refractivity contribution < 1.29 is 9.53 Å². The highest BCUT2D eigenvalue weighted by atomic mass is 16.5. The van der Waals surface area contributed by atoms with Gasteiger partial charge >= 0.3 is 0 Å². The first-order chi connectivity index (χ1) is 9.11. The number of hydrogen-bond acceptors (Lipinski definition) is 4. The lowest BCUT2D eigenvalue weighted by atomic mass is 9.95. The predicted molar refractivity (Wildman–Crippen MR) is 72.7 cm³/mol. The molecule has 1 amide bonds. The molecule has 1 aliphatic heterocycles. The van der Waals surface area contributed by atoms with Gasteiger partial charge in [0, 0.05) is 24.7 Å². The molecular formula is C14H25N3O2. The first-order valence-corrected chi connectivity index (χ1v) is 7.52. The summed E-state index contributed by atoms with van der Waals surface area (Å²) in [7, 11) is 0. The topological polar surface area (TPSA) is 67.6 Å². The highest BCUT2D eigenvalue weighted by Gasteiger charge is 2.48. The summed E-state index contributed by atoms with van der Waals surface area (Å²) in [6, 6.07) is 1.44. The molecule has 5 heteroatoms. The fourth-order valence-corrected chi connectivity index (χ4v) is 3.63. The average Bonchev–Trinajstić information content (AvgIpc) is 3.08. The number of hydrogen-bond donors (Lipinski definition) is 2. The van der Waals surface area contributed by atoms with Crippen LogP contribution in [-0.2, 0) is 9.53 Å². The zero-order valence-corrected chi connectivity index (χ0v) is 11.7. The van der Waals surface area contributed by atoms with Crippen LogP contribution in [0.3, 0.4) is 0 Å². The van der Waals surface area contributed by atoms with Crippen LogP contribution in [-0.4, -0.2) is 54.2 Å². The Hall–Kier alpha value is -0.650. The van der Waals surface area contributed by atoms with E-state index in [-0.39, 0.29) is 5.91 Å². The van der Waals surface area contributed by atoms with Gasteiger partial charge < -0.3 is 15.8 Å². The predicted octanol–water partition coefficient (Wildman–Crippen LogP) is 0.236. The maximum absolute atomic E-state index is 11.9. The Morgan fingerprint density at radius 1 is 1.42 bits per heavy atom. The number of rotatable bonds is 4. The summed E-state index contributed by atoms with van der Waals surface area (Å²) in [6.45, 7) is 4.79. The zero-order chi connectivity index (χ0) is 13.5. The van der Waals surface area contributed by atoms with Crippen molar-refractivity contribution in [2.24, 2.45) is 5.73 Å². The van der Waals surface area contributed by atoms with Gasteiger partial charge in [-0.3, -0.25) is 9.69 Å². The Kier molecular flexibility index (Phi) is 3.53. The Morgan fingerprint density at radius 2 is 2.21 bits per heavy atom. The van der Waals surface area contributed by atoms with Crippen molar-refractivity contribution in [3.63, 3.8) is 0 Å². The fraction of sp³-hybridized carbons (Fsp3) is 0.929. The van der Waals surface area contributed by atoms with Crippen LogP contribution in [0.15, 0.2) is 0 Å². The molecule has 3 unspecified atom stereocenters. The molecule has 2 saturated carbocycles. The van der Waals surface area contributed by atoms with Crippen LogP contribution in [0, 0.1) is 0 Å². The molecule has 0 aromatic heterocycles. The Morgan fingerprint density at radius 3 is 2.84 bits per heavy atom. The molecule has 2 aliphatic carbocycles. The van der Waals surface area contributed by atoms with Crippen molar-refractivity contribution in [3.05, 3.63) is 0 Å². The molecule has 19 heavy (non-hydrogen) atoms. The molecule has 0 spiro atoms. The van der Waals surface area contributed by atoms with E-state index in [1.54, 1.807) is 0 Å². The van der Waals surface area contributed by atoms with E-state index in [9.17, 15) is 4.79 Å². The molecule has 5 nitrogen and oxygen atoms in total. The van der Waals surface area contributed by atoms with Crippen LogP contribution in [0.1, 0.15) is 39.0 Å². The van der Waals surface area contributed by atoms with E-state index in [0.717, 1.165) is 39.0 Å². The van der Waals surface area contributed by atoms with Crippen LogP contribution in [0.5, 0.6) is 0 Å². The number of primary amides is 1. The first-order valence-electron chi connectivity index (χ1n) is 7.52. The minimum Gasteiger partial charge on any atom is -0.379 e. The standard InChI is InChI=1S/C14H25N3O2/c1-10-9-19-7-6-17(10)12-4-5-14(8-12,13(15)18)16-11-2-3-11/h10-12,16H,2-9H2,1H3,(H2,15,18). The van der Waals surface area contributed by atoms with E-state index >= 15 is 0 Å². The molecule has 1 saturated heterocycles. The van der Waals surface area contributed by atoms with Crippen LogP contribution in [0.25, 0.3) is 0 Å². The number of amides is 1. The number of nitrogens with two attached hydrogens (primary N) is 1. The van der Waals surface area contributed by atoms with E-state index < -0.39 is 5.54 Å². The quantitative estimate of drug-likeness (QED) is 0.765. The summed E-state index contributed by atoms with van der Waals surface area (Å²) in [5.74, 6) is -0.164. The van der Waals surface area contributed by atoms with E-state index in [4.69, 9.17) is 10.5 Å². The highest BCUT2D eigenvalue weighted by molar-refractivity contribution is 5.85. The van der Waals surface area contributed by atoms with Gasteiger partial charge in [0.1, 0.15) is 0 Å². The summed E-state index contributed by atoms with van der Waals surface area (Å²) >= 11 is 0. The number of nitrogens with zero attached hydrogens (tertiary/aromatic N) is 1. The molecular weight excluding hydrogens is 242 g/mol. The molecule has 3 atom stereocenters. The summed E-state index contributed by atoms with van der Waals surface area (Å²) in [4.78, 5) is 14.4. The van der Waals surface area contributed by atoms with Crippen LogP contribution in [0.2, 0.25) is 0 Å². The average molecular weight is 267 g/mol. The number of morpholine rings is 1. The van der Waals surface area contributed by atoms with Crippen molar-refractivity contribution in [2.75, 3.05) is 19.8 Å². The Balaban J connectivity index is 1.67. The molecule has 0 aromatic carbocycles. The van der Waals surface area contributed by atoms with Gasteiger partial charge in [-0.2, -0.15) is 0 Å². The van der Waals surface area contributed by atoms with Crippen LogP contribution >= 0.6 is 0 Å². The fourth-order valence-electron chi connectivity index (χ4n) is 3.63. The van der Waals surface area contributed by atoms with Gasteiger partial charge in [-0.15, -0.1) is 0 Å². The largest absolute Gasteiger partial charge is 0.379 e. The minimum atomic E-state index is -0.455. The zero-order valence-electron chi connectivity index (χ0n) is 11.7. The third kappa shape index (κ3) is 2.64. The summed E-state index contributed by atoms with van der Waals surface area (Å²) < 4.78 is 5.50. The monoisotopic (exact) mass is 267 g/mol. The van der Waals surface area contributed by atoms with Gasteiger partial charge in [-0.25, -0.2) is 0 Å². The molecule has 3 aliphatic rings. The number of ether oxygens (including phenoxy) is 1. The molecule has 108 valence electrons. The molecule has 3 rings (SSSR count). The van der Waals surface area contributed by atoms with Crippen LogP contribution in [0.4, 0.5) is 0 Å². The lowest BCUT2D eigenvalue weighted by Crippen LogP contribution is -2.56. The van der Waals surface area contributed by atoms with Crippen LogP contribution < -0.4 is 11.1 Å². The number of carbonyl (C=O) groups excluding carboxylic acids is 1. The molecule has 3 fully saturated rings. The van der Waals surface area contributed by atoms with E-state index in [0.29, 0.717) is 18.1 Å². The number of nitrogens with one attached hydrogen (secondary N) is 1. The minimum absolute atomic E-state index is 0.164. The lowest BCUT2D eigenvalue weighted by molar-refractivity contribution is -0.124. The lowest BCUT2D eigenvalue weighted by Gasteiger charge is -2.38. The van der Waals surface area contributed by atoms with Gasteiger partial charge in [0.2, 0.25) is 5.91 Å². The molecule has 0 aromatic rings. The van der Waals surface area contributed by atoms with Gasteiger partial charge in [-0.1, -0.05) is 0 Å². The normalized spacial score (nSPS) is 40.5. The second-order valence-corrected chi connectivity index (χ2v) is 6.42. The summed E-state index contributed by atoms with van der Waals surface area (Å²) in [5.41, 5.74) is 5.24. The van der Waals surface area contributed by atoms with Crippen molar-refractivity contribution >= 4 is 5.91 Å². The molecule has 0 bridgehead atoms. The van der Waals surface area contributed by atoms with Crippen molar-refractivity contribution in [1.82, 2.24) is 10.2 Å². The summed E-state index contributed by atoms with van der Waals surface area (Å²) in [6.07, 6.45) is 5.19. The Labute approximate surface area is 114 Å². The summed E-state index contributed by atoms with van der Waals surface area (Å²) in [5, 5.41) is 3.52. The van der Waals surface area contributed by atoms with Gasteiger partial charge in [-0.05, 0) is 39.0 Å². The van der Waals surface area contributed by atoms with E-state index in [2.05, 4.69) is 17.1 Å². The first kappa shape index (κ1) is 13.3. The maximum atomic E-state index is 11.9. The second kappa shape index (κ2) is 5.04. The van der Waals surface area contributed by atoms with Gasteiger partial charge in [0.05, 0.1) is 18.8 Å². The van der Waals surface area contributed by atoms with Gasteiger partial charge in [0.25, 0.3) is 0 Å². The third-order valence-electron chi connectivity index (χ3n) is 4.91. The maximum Gasteiger partial charge on any atom is 0.237 e. The molecule has 0 radical (unpaired) electrons. The van der Waals surface area contributed by atoms with Crippen molar-refractivity contribution in [3.8, 4) is 0 Å². The molecule has 3 N–H and O–H groups in total. The second-order valence-electron chi connectivity index (χ2n) is 6.42. The van der Waals surface area contributed by atoms with Gasteiger partial charge in [0.15, 0.2) is 0 Å². The SMILES string of the molecule is CC1COCCN1C1CCC(NC2CC2)(C(N)=O)C1. The number of carbonyl (C=O) groups is 1. The Bertz CT molecular complexity index is 359.